The molecule has 1 saturated heterocycles. The molecule has 30 heavy (non-hydrogen) atoms. The van der Waals surface area contributed by atoms with Crippen molar-refractivity contribution in [1.82, 2.24) is 15.8 Å². The second-order valence-corrected chi connectivity index (χ2v) is 7.39. The minimum Gasteiger partial charge on any atom is -0.361 e. The topological polar surface area (TPSA) is 111 Å². The molecule has 0 saturated carbocycles. The Balaban J connectivity index is 1.50. The molecular formula is C23H21N3O4. The SMILES string of the molecule is O=C(/C=C/c1ccc(CC2C(=O)NC(=O)[C@H]2Cc2c[nH]c3ccccc23)cc1)NO. The number of rotatable bonds is 6. The lowest BCUT2D eigenvalue weighted by atomic mass is 9.84. The van der Waals surface area contributed by atoms with Crippen molar-refractivity contribution in [2.75, 3.05) is 0 Å². The van der Waals surface area contributed by atoms with Crippen LogP contribution in [0.4, 0.5) is 0 Å². The first-order valence-electron chi connectivity index (χ1n) is 9.66. The highest BCUT2D eigenvalue weighted by molar-refractivity contribution is 6.05. The maximum absolute atomic E-state index is 12.5. The molecule has 3 aromatic rings. The lowest BCUT2D eigenvalue weighted by molar-refractivity contribution is -0.126. The number of carbonyl (C=O) groups excluding carboxylic acids is 3. The summed E-state index contributed by atoms with van der Waals surface area (Å²) in [6.07, 6.45) is 5.63. The Kier molecular flexibility index (Phi) is 5.45. The van der Waals surface area contributed by atoms with Crippen molar-refractivity contribution in [2.24, 2.45) is 11.8 Å². The molecule has 3 amide bonds. The van der Waals surface area contributed by atoms with Gasteiger partial charge in [-0.15, -0.1) is 0 Å². The standard InChI is InChI=1S/C23H21N3O4/c27-21(26-30)10-9-14-5-7-15(8-6-14)11-18-19(23(29)25-22(18)28)12-16-13-24-20-4-2-1-3-17(16)20/h1-10,13,18-19,24,30H,11-12H2,(H,26,27)(H,25,28,29)/b10-9+/t18?,19-/m0/s1. The summed E-state index contributed by atoms with van der Waals surface area (Å²) in [6.45, 7) is 0. The summed E-state index contributed by atoms with van der Waals surface area (Å²) in [6, 6.07) is 15.3. The maximum atomic E-state index is 12.5. The van der Waals surface area contributed by atoms with Crippen LogP contribution in [0.2, 0.25) is 0 Å². The van der Waals surface area contributed by atoms with Gasteiger partial charge in [0.15, 0.2) is 0 Å². The second kappa shape index (κ2) is 8.34. The molecule has 1 aliphatic heterocycles. The molecule has 1 aliphatic rings. The summed E-state index contributed by atoms with van der Waals surface area (Å²) < 4.78 is 0. The fourth-order valence-corrected chi connectivity index (χ4v) is 3.91. The van der Waals surface area contributed by atoms with E-state index in [4.69, 9.17) is 5.21 Å². The zero-order valence-electron chi connectivity index (χ0n) is 16.1. The van der Waals surface area contributed by atoms with E-state index in [0.717, 1.165) is 27.6 Å². The lowest BCUT2D eigenvalue weighted by Gasteiger charge is -2.15. The quantitative estimate of drug-likeness (QED) is 0.219. The minimum absolute atomic E-state index is 0.232. The van der Waals surface area contributed by atoms with Gasteiger partial charge in [-0.05, 0) is 41.7 Å². The summed E-state index contributed by atoms with van der Waals surface area (Å²) >= 11 is 0. The summed E-state index contributed by atoms with van der Waals surface area (Å²) in [4.78, 5) is 39.2. The minimum atomic E-state index is -0.611. The molecule has 1 unspecified atom stereocenters. The van der Waals surface area contributed by atoms with Crippen LogP contribution >= 0.6 is 0 Å². The smallest absolute Gasteiger partial charge is 0.267 e. The zero-order valence-corrected chi connectivity index (χ0v) is 16.1. The van der Waals surface area contributed by atoms with E-state index in [0.29, 0.717) is 12.8 Å². The summed E-state index contributed by atoms with van der Waals surface area (Å²) in [5.74, 6) is -1.95. The first-order valence-corrected chi connectivity index (χ1v) is 9.66. The fourth-order valence-electron chi connectivity index (χ4n) is 3.91. The van der Waals surface area contributed by atoms with Gasteiger partial charge in [0.05, 0.1) is 11.8 Å². The van der Waals surface area contributed by atoms with Gasteiger partial charge < -0.3 is 4.98 Å². The molecule has 0 radical (unpaired) electrons. The number of nitrogens with one attached hydrogen (secondary N) is 3. The van der Waals surface area contributed by atoms with Gasteiger partial charge >= 0.3 is 0 Å². The van der Waals surface area contributed by atoms with Gasteiger partial charge in [-0.2, -0.15) is 0 Å². The van der Waals surface area contributed by atoms with E-state index < -0.39 is 17.7 Å². The first-order chi connectivity index (χ1) is 14.5. The second-order valence-electron chi connectivity index (χ2n) is 7.39. The maximum Gasteiger partial charge on any atom is 0.267 e. The number of para-hydroxylation sites is 1. The molecule has 2 atom stereocenters. The van der Waals surface area contributed by atoms with Crippen LogP contribution in [0.1, 0.15) is 16.7 Å². The number of aromatic nitrogens is 1. The number of aromatic amines is 1. The molecular weight excluding hydrogens is 382 g/mol. The third-order valence-electron chi connectivity index (χ3n) is 5.49. The molecule has 1 fully saturated rings. The molecule has 4 N–H and O–H groups in total. The number of imide groups is 1. The van der Waals surface area contributed by atoms with Crippen molar-refractivity contribution in [3.63, 3.8) is 0 Å². The van der Waals surface area contributed by atoms with Crippen molar-refractivity contribution < 1.29 is 19.6 Å². The Morgan fingerprint density at radius 3 is 2.43 bits per heavy atom. The van der Waals surface area contributed by atoms with Gasteiger partial charge in [0.2, 0.25) is 11.8 Å². The summed E-state index contributed by atoms with van der Waals surface area (Å²) in [5, 5.41) is 12.1. The average Bonchev–Trinajstić information content (AvgIpc) is 3.28. The molecule has 0 spiro atoms. The molecule has 2 heterocycles. The lowest BCUT2D eigenvalue weighted by Crippen LogP contribution is -2.22. The number of amides is 3. The van der Waals surface area contributed by atoms with Crippen molar-refractivity contribution in [2.45, 2.75) is 12.8 Å². The van der Waals surface area contributed by atoms with Crippen LogP contribution < -0.4 is 10.8 Å². The largest absolute Gasteiger partial charge is 0.361 e. The highest BCUT2D eigenvalue weighted by Crippen LogP contribution is 2.30. The van der Waals surface area contributed by atoms with Gasteiger partial charge in [-0.1, -0.05) is 42.5 Å². The van der Waals surface area contributed by atoms with E-state index in [1.165, 1.54) is 11.6 Å². The summed E-state index contributed by atoms with van der Waals surface area (Å²) in [7, 11) is 0. The van der Waals surface area contributed by atoms with Crippen LogP contribution in [0.3, 0.4) is 0 Å². The number of hydrogen-bond donors (Lipinski definition) is 4. The van der Waals surface area contributed by atoms with Crippen LogP contribution in [0.15, 0.2) is 60.8 Å². The Labute approximate surface area is 172 Å². The number of hydrogen-bond acceptors (Lipinski definition) is 4. The van der Waals surface area contributed by atoms with E-state index in [1.54, 1.807) is 6.08 Å². The Bertz CT molecular complexity index is 1130. The molecule has 7 heteroatoms. The van der Waals surface area contributed by atoms with E-state index in [-0.39, 0.29) is 11.8 Å². The molecule has 1 aromatic heterocycles. The van der Waals surface area contributed by atoms with Crippen LogP contribution in [0.25, 0.3) is 17.0 Å². The number of H-pyrrole nitrogens is 1. The Hall–Kier alpha value is -3.71. The molecule has 7 nitrogen and oxygen atoms in total. The van der Waals surface area contributed by atoms with Gasteiger partial charge in [0, 0.05) is 23.2 Å². The normalized spacial score (nSPS) is 18.8. The van der Waals surface area contributed by atoms with Crippen LogP contribution in [-0.2, 0) is 27.2 Å². The van der Waals surface area contributed by atoms with E-state index in [1.807, 2.05) is 54.7 Å². The molecule has 0 bridgehead atoms. The van der Waals surface area contributed by atoms with E-state index >= 15 is 0 Å². The van der Waals surface area contributed by atoms with Crippen molar-refractivity contribution in [3.05, 3.63) is 77.5 Å². The average molecular weight is 403 g/mol. The van der Waals surface area contributed by atoms with Gasteiger partial charge in [0.1, 0.15) is 0 Å². The highest BCUT2D eigenvalue weighted by atomic mass is 16.5. The first kappa shape index (κ1) is 19.6. The van der Waals surface area contributed by atoms with Crippen molar-refractivity contribution in [1.29, 1.82) is 0 Å². The summed E-state index contributed by atoms with van der Waals surface area (Å²) in [5.41, 5.74) is 5.27. The molecule has 152 valence electrons. The molecule has 0 aliphatic carbocycles. The molecule has 2 aromatic carbocycles. The van der Waals surface area contributed by atoms with Crippen LogP contribution in [0.5, 0.6) is 0 Å². The fraction of sp³-hybridized carbons (Fsp3) is 0.174. The van der Waals surface area contributed by atoms with Crippen LogP contribution in [-0.4, -0.2) is 27.9 Å². The van der Waals surface area contributed by atoms with Crippen molar-refractivity contribution in [3.8, 4) is 0 Å². The van der Waals surface area contributed by atoms with E-state index in [2.05, 4.69) is 10.3 Å². The third-order valence-corrected chi connectivity index (χ3v) is 5.49. The molecule has 4 rings (SSSR count). The zero-order chi connectivity index (χ0) is 21.1. The number of benzene rings is 2. The predicted octanol–water partition coefficient (Wildman–Crippen LogP) is 2.36. The van der Waals surface area contributed by atoms with Crippen LogP contribution in [0, 0.1) is 11.8 Å². The Morgan fingerprint density at radius 1 is 1.00 bits per heavy atom. The van der Waals surface area contributed by atoms with Gasteiger partial charge in [-0.3, -0.25) is 24.9 Å². The highest BCUT2D eigenvalue weighted by Gasteiger charge is 2.41. The number of hydroxylamine groups is 1. The monoisotopic (exact) mass is 403 g/mol. The number of carbonyl (C=O) groups is 3. The third kappa shape index (κ3) is 4.01. The van der Waals surface area contributed by atoms with Crippen molar-refractivity contribution >= 4 is 34.7 Å². The van der Waals surface area contributed by atoms with Gasteiger partial charge in [0.25, 0.3) is 5.91 Å². The van der Waals surface area contributed by atoms with Gasteiger partial charge in [-0.25, -0.2) is 5.48 Å². The Morgan fingerprint density at radius 2 is 1.70 bits per heavy atom. The number of fused-ring (bicyclic) bond motifs is 1. The van der Waals surface area contributed by atoms with E-state index in [9.17, 15) is 14.4 Å². The predicted molar refractivity (Wildman–Crippen MR) is 111 cm³/mol.